The molecule has 0 bridgehead atoms. The van der Waals surface area contributed by atoms with Crippen LogP contribution in [0.5, 0.6) is 5.75 Å². The van der Waals surface area contributed by atoms with Crippen LogP contribution in [0.4, 0.5) is 4.39 Å². The SMILES string of the molecule is COc1ccc(-c2cc(CO)c(C)[nH]2)cc1F. The van der Waals surface area contributed by atoms with Crippen molar-refractivity contribution in [2.75, 3.05) is 7.11 Å². The molecular formula is C13H14FNO2. The Kier molecular flexibility index (Phi) is 3.15. The minimum atomic E-state index is -0.400. The molecule has 0 fully saturated rings. The van der Waals surface area contributed by atoms with Crippen LogP contribution < -0.4 is 4.74 Å². The third-order valence-corrected chi connectivity index (χ3v) is 2.76. The molecule has 2 aromatic rings. The fraction of sp³-hybridized carbons (Fsp3) is 0.231. The highest BCUT2D eigenvalue weighted by molar-refractivity contribution is 5.62. The normalized spacial score (nSPS) is 10.6. The van der Waals surface area contributed by atoms with Crippen molar-refractivity contribution in [3.05, 3.63) is 41.3 Å². The zero-order valence-electron chi connectivity index (χ0n) is 9.75. The van der Waals surface area contributed by atoms with Gasteiger partial charge in [0.15, 0.2) is 11.6 Å². The lowest BCUT2D eigenvalue weighted by atomic mass is 10.1. The summed E-state index contributed by atoms with van der Waals surface area (Å²) in [5.74, 6) is -0.179. The van der Waals surface area contributed by atoms with Crippen molar-refractivity contribution in [3.63, 3.8) is 0 Å². The minimum Gasteiger partial charge on any atom is -0.494 e. The maximum Gasteiger partial charge on any atom is 0.165 e. The Morgan fingerprint density at radius 3 is 2.65 bits per heavy atom. The number of hydrogen-bond donors (Lipinski definition) is 2. The number of hydrogen-bond acceptors (Lipinski definition) is 2. The van der Waals surface area contributed by atoms with E-state index in [9.17, 15) is 4.39 Å². The molecule has 0 aliphatic carbocycles. The monoisotopic (exact) mass is 235 g/mol. The van der Waals surface area contributed by atoms with Crippen LogP contribution in [0.25, 0.3) is 11.3 Å². The number of benzene rings is 1. The van der Waals surface area contributed by atoms with E-state index in [1.807, 2.05) is 13.0 Å². The number of ether oxygens (including phenoxy) is 1. The zero-order chi connectivity index (χ0) is 12.4. The van der Waals surface area contributed by atoms with E-state index in [4.69, 9.17) is 9.84 Å². The van der Waals surface area contributed by atoms with Crippen molar-refractivity contribution >= 4 is 0 Å². The van der Waals surface area contributed by atoms with E-state index >= 15 is 0 Å². The van der Waals surface area contributed by atoms with Crippen molar-refractivity contribution in [2.24, 2.45) is 0 Å². The van der Waals surface area contributed by atoms with Gasteiger partial charge in [0.1, 0.15) is 0 Å². The number of aliphatic hydroxyl groups excluding tert-OH is 1. The first-order valence-corrected chi connectivity index (χ1v) is 5.29. The summed E-state index contributed by atoms with van der Waals surface area (Å²) in [4.78, 5) is 3.11. The number of aromatic nitrogens is 1. The summed E-state index contributed by atoms with van der Waals surface area (Å²) in [5, 5.41) is 9.10. The molecule has 0 aliphatic heterocycles. The molecule has 0 saturated carbocycles. The first-order chi connectivity index (χ1) is 8.15. The molecule has 1 aromatic carbocycles. The second kappa shape index (κ2) is 4.59. The maximum absolute atomic E-state index is 13.5. The van der Waals surface area contributed by atoms with Crippen LogP contribution in [0.3, 0.4) is 0 Å². The standard InChI is InChI=1S/C13H14FNO2/c1-8-10(7-16)6-12(15-8)9-3-4-13(17-2)11(14)5-9/h3-6,15-16H,7H2,1-2H3. The average Bonchev–Trinajstić information content (AvgIpc) is 2.70. The number of H-pyrrole nitrogens is 1. The van der Waals surface area contributed by atoms with Crippen molar-refractivity contribution in [1.29, 1.82) is 0 Å². The highest BCUT2D eigenvalue weighted by Gasteiger charge is 2.08. The Labute approximate surface area is 98.9 Å². The van der Waals surface area contributed by atoms with Gasteiger partial charge in [-0.25, -0.2) is 4.39 Å². The topological polar surface area (TPSA) is 45.2 Å². The molecule has 90 valence electrons. The van der Waals surface area contributed by atoms with E-state index in [1.165, 1.54) is 13.2 Å². The molecule has 0 unspecified atom stereocenters. The maximum atomic E-state index is 13.5. The fourth-order valence-electron chi connectivity index (χ4n) is 1.75. The van der Waals surface area contributed by atoms with E-state index in [-0.39, 0.29) is 12.4 Å². The minimum absolute atomic E-state index is 0.0268. The molecular weight excluding hydrogens is 221 g/mol. The summed E-state index contributed by atoms with van der Waals surface area (Å²) in [7, 11) is 1.43. The summed E-state index contributed by atoms with van der Waals surface area (Å²) < 4.78 is 18.4. The molecule has 1 heterocycles. The first-order valence-electron chi connectivity index (χ1n) is 5.29. The predicted molar refractivity (Wildman–Crippen MR) is 63.4 cm³/mol. The van der Waals surface area contributed by atoms with E-state index in [0.717, 1.165) is 22.5 Å². The van der Waals surface area contributed by atoms with Gasteiger partial charge in [0.2, 0.25) is 0 Å². The van der Waals surface area contributed by atoms with Crippen LogP contribution in [0.1, 0.15) is 11.3 Å². The number of nitrogens with one attached hydrogen (secondary N) is 1. The van der Waals surface area contributed by atoms with Crippen LogP contribution in [-0.2, 0) is 6.61 Å². The summed E-state index contributed by atoms with van der Waals surface area (Å²) >= 11 is 0. The number of aryl methyl sites for hydroxylation is 1. The summed E-state index contributed by atoms with van der Waals surface area (Å²) in [6, 6.07) is 6.58. The molecule has 0 saturated heterocycles. The smallest absolute Gasteiger partial charge is 0.165 e. The van der Waals surface area contributed by atoms with Gasteiger partial charge in [0.05, 0.1) is 13.7 Å². The van der Waals surface area contributed by atoms with Gasteiger partial charge in [-0.1, -0.05) is 0 Å². The molecule has 0 spiro atoms. The molecule has 1 aromatic heterocycles. The summed E-state index contributed by atoms with van der Waals surface area (Å²) in [5.41, 5.74) is 3.22. The van der Waals surface area contributed by atoms with Crippen LogP contribution >= 0.6 is 0 Å². The molecule has 0 radical (unpaired) electrons. The molecule has 4 heteroatoms. The van der Waals surface area contributed by atoms with Gasteiger partial charge in [0, 0.05) is 17.0 Å². The number of methoxy groups -OCH3 is 1. The van der Waals surface area contributed by atoms with Crippen molar-refractivity contribution < 1.29 is 14.2 Å². The van der Waals surface area contributed by atoms with E-state index < -0.39 is 5.82 Å². The van der Waals surface area contributed by atoms with Crippen LogP contribution in [0.15, 0.2) is 24.3 Å². The molecule has 0 aliphatic rings. The van der Waals surface area contributed by atoms with Gasteiger partial charge in [0.25, 0.3) is 0 Å². The zero-order valence-corrected chi connectivity index (χ0v) is 9.75. The van der Waals surface area contributed by atoms with Crippen molar-refractivity contribution in [1.82, 2.24) is 4.98 Å². The summed E-state index contributed by atoms with van der Waals surface area (Å²) in [6.07, 6.45) is 0. The number of aromatic amines is 1. The molecule has 2 N–H and O–H groups in total. The first kappa shape index (κ1) is 11.7. The van der Waals surface area contributed by atoms with Gasteiger partial charge < -0.3 is 14.8 Å². The van der Waals surface area contributed by atoms with Crippen molar-refractivity contribution in [2.45, 2.75) is 13.5 Å². The lowest BCUT2D eigenvalue weighted by molar-refractivity contribution is 0.281. The van der Waals surface area contributed by atoms with Gasteiger partial charge >= 0.3 is 0 Å². The lowest BCUT2D eigenvalue weighted by Gasteiger charge is -2.03. The van der Waals surface area contributed by atoms with Crippen LogP contribution in [0, 0.1) is 12.7 Å². The Balaban J connectivity index is 2.42. The Hall–Kier alpha value is -1.81. The van der Waals surface area contributed by atoms with Gasteiger partial charge in [-0.05, 0) is 36.8 Å². The third-order valence-electron chi connectivity index (χ3n) is 2.76. The number of aliphatic hydroxyl groups is 1. The number of rotatable bonds is 3. The van der Waals surface area contributed by atoms with Crippen LogP contribution in [0.2, 0.25) is 0 Å². The molecule has 2 rings (SSSR count). The molecule has 0 amide bonds. The van der Waals surface area contributed by atoms with Gasteiger partial charge in [-0.2, -0.15) is 0 Å². The number of halogens is 1. The predicted octanol–water partition coefficient (Wildman–Crippen LogP) is 2.63. The second-order valence-corrected chi connectivity index (χ2v) is 3.84. The van der Waals surface area contributed by atoms with Gasteiger partial charge in [-0.3, -0.25) is 0 Å². The highest BCUT2D eigenvalue weighted by atomic mass is 19.1. The third kappa shape index (κ3) is 2.17. The average molecular weight is 235 g/mol. The molecule has 0 atom stereocenters. The molecule has 3 nitrogen and oxygen atoms in total. The molecule has 17 heavy (non-hydrogen) atoms. The largest absolute Gasteiger partial charge is 0.494 e. The quantitative estimate of drug-likeness (QED) is 0.859. The van der Waals surface area contributed by atoms with Crippen molar-refractivity contribution in [3.8, 4) is 17.0 Å². The van der Waals surface area contributed by atoms with Gasteiger partial charge in [-0.15, -0.1) is 0 Å². The van der Waals surface area contributed by atoms with E-state index in [0.29, 0.717) is 0 Å². The van der Waals surface area contributed by atoms with Crippen LogP contribution in [-0.4, -0.2) is 17.2 Å². The van der Waals surface area contributed by atoms with E-state index in [2.05, 4.69) is 4.98 Å². The lowest BCUT2D eigenvalue weighted by Crippen LogP contribution is -1.88. The second-order valence-electron chi connectivity index (χ2n) is 3.84. The Bertz CT molecular complexity index is 534. The highest BCUT2D eigenvalue weighted by Crippen LogP contribution is 2.26. The Morgan fingerprint density at radius 1 is 1.35 bits per heavy atom. The fourth-order valence-corrected chi connectivity index (χ4v) is 1.75. The summed E-state index contributed by atoms with van der Waals surface area (Å²) in [6.45, 7) is 1.84. The Morgan fingerprint density at radius 2 is 2.12 bits per heavy atom. The van der Waals surface area contributed by atoms with E-state index in [1.54, 1.807) is 12.1 Å².